The summed E-state index contributed by atoms with van der Waals surface area (Å²) in [7, 11) is 0. The Morgan fingerprint density at radius 2 is 1.93 bits per heavy atom. The normalized spacial score (nSPS) is 16.1. The summed E-state index contributed by atoms with van der Waals surface area (Å²) in [6, 6.07) is 7.58. The molecule has 0 bridgehead atoms. The topological polar surface area (TPSA) is 97.0 Å². The second-order valence-electron chi connectivity index (χ2n) is 7.58. The summed E-state index contributed by atoms with van der Waals surface area (Å²) in [5, 5.41) is 3.18. The average Bonchev–Trinajstić information content (AvgIpc) is 3.33. The lowest BCUT2D eigenvalue weighted by atomic mass is 10.1. The first-order chi connectivity index (χ1) is 14.4. The largest absolute Gasteiger partial charge is 0.435 e. The maximum Gasteiger partial charge on any atom is 0.292 e. The van der Waals surface area contributed by atoms with E-state index in [0.717, 1.165) is 29.9 Å². The van der Waals surface area contributed by atoms with Crippen molar-refractivity contribution in [2.75, 3.05) is 11.9 Å². The summed E-state index contributed by atoms with van der Waals surface area (Å²) in [6.45, 7) is 8.31. The van der Waals surface area contributed by atoms with Crippen LogP contribution in [0.15, 0.2) is 28.7 Å². The van der Waals surface area contributed by atoms with Gasteiger partial charge in [0.15, 0.2) is 5.89 Å². The van der Waals surface area contributed by atoms with Gasteiger partial charge in [0.25, 0.3) is 5.91 Å². The molecule has 0 spiro atoms. The van der Waals surface area contributed by atoms with Crippen LogP contribution in [0, 0.1) is 20.8 Å². The van der Waals surface area contributed by atoms with Crippen molar-refractivity contribution in [3.63, 3.8) is 0 Å². The maximum atomic E-state index is 13.2. The molecule has 1 amide bonds. The molecule has 1 aliphatic rings. The van der Waals surface area contributed by atoms with E-state index in [1.807, 2.05) is 56.9 Å². The van der Waals surface area contributed by atoms with E-state index in [0.29, 0.717) is 42.1 Å². The minimum atomic E-state index is -0.125. The van der Waals surface area contributed by atoms with Crippen molar-refractivity contribution in [2.24, 2.45) is 0 Å². The number of hydrogen-bond acceptors (Lipinski definition) is 7. The Kier molecular flexibility index (Phi) is 5.48. The van der Waals surface area contributed by atoms with Gasteiger partial charge in [0.1, 0.15) is 5.82 Å². The number of pyridine rings is 1. The average molecular weight is 406 g/mol. The van der Waals surface area contributed by atoms with Crippen molar-refractivity contribution in [3.05, 3.63) is 58.7 Å². The first-order valence-electron chi connectivity index (χ1n) is 10.3. The third-order valence-electron chi connectivity index (χ3n) is 5.19. The van der Waals surface area contributed by atoms with Crippen LogP contribution in [0.4, 0.5) is 11.8 Å². The highest BCUT2D eigenvalue weighted by molar-refractivity contribution is 5.93. The van der Waals surface area contributed by atoms with Gasteiger partial charge < -0.3 is 14.6 Å². The van der Waals surface area contributed by atoms with E-state index in [-0.39, 0.29) is 11.9 Å². The fraction of sp³-hybridized carbons (Fsp3) is 0.409. The van der Waals surface area contributed by atoms with Crippen LogP contribution in [0.5, 0.6) is 0 Å². The Labute approximate surface area is 175 Å². The molecule has 30 heavy (non-hydrogen) atoms. The fourth-order valence-corrected chi connectivity index (χ4v) is 3.85. The van der Waals surface area contributed by atoms with Gasteiger partial charge in [0, 0.05) is 24.4 Å². The molecule has 1 aliphatic heterocycles. The van der Waals surface area contributed by atoms with Gasteiger partial charge in [-0.05, 0) is 51.8 Å². The molecule has 1 atom stereocenters. The van der Waals surface area contributed by atoms with Gasteiger partial charge in [-0.3, -0.25) is 4.79 Å². The minimum Gasteiger partial charge on any atom is -0.435 e. The van der Waals surface area contributed by atoms with Crippen LogP contribution in [-0.4, -0.2) is 37.3 Å². The Morgan fingerprint density at radius 3 is 2.63 bits per heavy atom. The molecular formula is C22H26N6O2. The van der Waals surface area contributed by atoms with Gasteiger partial charge in [0.2, 0.25) is 11.7 Å². The highest BCUT2D eigenvalue weighted by Crippen LogP contribution is 2.33. The second-order valence-corrected chi connectivity index (χ2v) is 7.58. The number of amides is 1. The number of anilines is 2. The molecule has 156 valence electrons. The zero-order valence-electron chi connectivity index (χ0n) is 17.8. The summed E-state index contributed by atoms with van der Waals surface area (Å²) < 4.78 is 5.70. The van der Waals surface area contributed by atoms with E-state index in [9.17, 15) is 4.79 Å². The monoisotopic (exact) mass is 406 g/mol. The Balaban J connectivity index is 1.57. The number of aromatic nitrogens is 4. The number of rotatable bonds is 5. The number of aryl methyl sites for hydroxylation is 4. The number of hydrogen-bond donors (Lipinski definition) is 1. The van der Waals surface area contributed by atoms with Crippen molar-refractivity contribution in [1.82, 2.24) is 24.8 Å². The highest BCUT2D eigenvalue weighted by atomic mass is 16.4. The molecule has 3 aromatic heterocycles. The van der Waals surface area contributed by atoms with Crippen molar-refractivity contribution in [1.29, 1.82) is 0 Å². The first-order valence-corrected chi connectivity index (χ1v) is 10.3. The highest BCUT2D eigenvalue weighted by Gasteiger charge is 2.34. The molecule has 0 radical (unpaired) electrons. The molecule has 4 heterocycles. The number of carbonyl (C=O) groups excluding carboxylic acids is 1. The maximum absolute atomic E-state index is 13.2. The molecule has 0 saturated carbocycles. The molecule has 1 N–H and O–H groups in total. The van der Waals surface area contributed by atoms with Gasteiger partial charge in [-0.15, -0.1) is 0 Å². The number of oxazole rings is 1. The quantitative estimate of drug-likeness (QED) is 0.682. The van der Waals surface area contributed by atoms with Crippen LogP contribution < -0.4 is 5.32 Å². The summed E-state index contributed by atoms with van der Waals surface area (Å²) in [4.78, 5) is 32.9. The Morgan fingerprint density at radius 1 is 1.17 bits per heavy atom. The third kappa shape index (κ3) is 4.03. The Hall–Kier alpha value is -3.29. The van der Waals surface area contributed by atoms with Crippen LogP contribution in [0.3, 0.4) is 0 Å². The van der Waals surface area contributed by atoms with E-state index in [1.54, 1.807) is 0 Å². The summed E-state index contributed by atoms with van der Waals surface area (Å²) in [5.41, 5.74) is 3.26. The second kappa shape index (κ2) is 8.22. The van der Waals surface area contributed by atoms with Gasteiger partial charge in [-0.25, -0.2) is 19.9 Å². The number of nitrogens with one attached hydrogen (secondary N) is 1. The SMILES string of the molecule is CCc1nc(C)c(C(=O)N2CCCC2c2cccc(Nc3nc(C)cc(C)n3)n2)o1. The Bertz CT molecular complexity index is 1060. The van der Waals surface area contributed by atoms with Crippen molar-refractivity contribution < 1.29 is 9.21 Å². The predicted molar refractivity (Wildman–Crippen MR) is 113 cm³/mol. The molecule has 1 unspecified atom stereocenters. The summed E-state index contributed by atoms with van der Waals surface area (Å²) in [5.74, 6) is 1.96. The number of carbonyl (C=O) groups is 1. The summed E-state index contributed by atoms with van der Waals surface area (Å²) in [6.07, 6.45) is 2.44. The van der Waals surface area contributed by atoms with E-state index in [2.05, 4.69) is 20.3 Å². The lowest BCUT2D eigenvalue weighted by Gasteiger charge is -2.24. The van der Waals surface area contributed by atoms with Crippen LogP contribution in [0.1, 0.15) is 65.0 Å². The molecule has 8 nitrogen and oxygen atoms in total. The van der Waals surface area contributed by atoms with Crippen molar-refractivity contribution in [3.8, 4) is 0 Å². The predicted octanol–water partition coefficient (Wildman–Crippen LogP) is 4.07. The molecular weight excluding hydrogens is 380 g/mol. The lowest BCUT2D eigenvalue weighted by molar-refractivity contribution is 0.0697. The minimum absolute atomic E-state index is 0.103. The fourth-order valence-electron chi connectivity index (χ4n) is 3.85. The molecule has 0 aliphatic carbocycles. The van der Waals surface area contributed by atoms with E-state index >= 15 is 0 Å². The lowest BCUT2D eigenvalue weighted by Crippen LogP contribution is -2.31. The smallest absolute Gasteiger partial charge is 0.292 e. The van der Waals surface area contributed by atoms with Crippen LogP contribution in [-0.2, 0) is 6.42 Å². The van der Waals surface area contributed by atoms with Gasteiger partial charge >= 0.3 is 0 Å². The summed E-state index contributed by atoms with van der Waals surface area (Å²) >= 11 is 0. The molecule has 1 fully saturated rings. The van der Waals surface area contributed by atoms with Gasteiger partial charge in [0.05, 0.1) is 17.4 Å². The molecule has 8 heteroatoms. The van der Waals surface area contributed by atoms with Crippen molar-refractivity contribution in [2.45, 2.75) is 53.0 Å². The standard InChI is InChI=1S/C22H26N6O2/c1-5-19-25-15(4)20(30-19)21(29)28-11-7-9-17(28)16-8-6-10-18(26-16)27-22-23-13(2)12-14(3)24-22/h6,8,10,12,17H,5,7,9,11H2,1-4H3,(H,23,24,26,27). The third-order valence-corrected chi connectivity index (χ3v) is 5.19. The number of nitrogens with zero attached hydrogens (tertiary/aromatic N) is 5. The molecule has 0 aromatic carbocycles. The first kappa shape index (κ1) is 20.0. The van der Waals surface area contributed by atoms with Crippen LogP contribution >= 0.6 is 0 Å². The van der Waals surface area contributed by atoms with Crippen LogP contribution in [0.25, 0.3) is 0 Å². The van der Waals surface area contributed by atoms with E-state index < -0.39 is 0 Å². The van der Waals surface area contributed by atoms with E-state index in [1.165, 1.54) is 0 Å². The van der Waals surface area contributed by atoms with E-state index in [4.69, 9.17) is 9.40 Å². The number of likely N-dealkylation sites (tertiary alicyclic amines) is 1. The van der Waals surface area contributed by atoms with Crippen molar-refractivity contribution >= 4 is 17.7 Å². The molecule has 4 rings (SSSR count). The zero-order chi connectivity index (χ0) is 21.3. The van der Waals surface area contributed by atoms with Gasteiger partial charge in [-0.1, -0.05) is 13.0 Å². The zero-order valence-corrected chi connectivity index (χ0v) is 17.8. The van der Waals surface area contributed by atoms with Gasteiger partial charge in [-0.2, -0.15) is 0 Å². The van der Waals surface area contributed by atoms with Crippen LogP contribution in [0.2, 0.25) is 0 Å². The molecule has 1 saturated heterocycles. The molecule has 3 aromatic rings.